The van der Waals surface area contributed by atoms with Crippen LogP contribution in [0.5, 0.6) is 11.5 Å². The van der Waals surface area contributed by atoms with Crippen molar-refractivity contribution < 1.29 is 10.2 Å². The zero-order chi connectivity index (χ0) is 27.3. The molecule has 0 amide bonds. The molecule has 0 fully saturated rings. The van der Waals surface area contributed by atoms with Crippen molar-refractivity contribution in [1.82, 2.24) is 0 Å². The lowest BCUT2D eigenvalue weighted by molar-refractivity contribution is 0.475. The second kappa shape index (κ2) is 11.1. The van der Waals surface area contributed by atoms with E-state index >= 15 is 0 Å². The maximum absolute atomic E-state index is 10.1. The summed E-state index contributed by atoms with van der Waals surface area (Å²) < 4.78 is 0. The minimum absolute atomic E-state index is 0.213. The van der Waals surface area contributed by atoms with E-state index in [9.17, 15) is 10.2 Å². The van der Waals surface area contributed by atoms with E-state index in [2.05, 4.69) is 95.6 Å². The van der Waals surface area contributed by atoms with Crippen molar-refractivity contribution in [3.8, 4) is 44.9 Å². The molecule has 0 saturated carbocycles. The Bertz CT molecular complexity index is 1750. The Morgan fingerprint density at radius 1 is 0.375 bits per heavy atom. The predicted molar refractivity (Wildman–Crippen MR) is 166 cm³/mol. The second-order valence-electron chi connectivity index (χ2n) is 9.57. The molecule has 0 radical (unpaired) electrons. The number of hydrogen-bond donors (Lipinski definition) is 4. The summed E-state index contributed by atoms with van der Waals surface area (Å²) in [6.07, 6.45) is 0. The number of aromatic hydroxyl groups is 2. The van der Waals surface area contributed by atoms with Crippen LogP contribution in [0.4, 0.5) is 22.7 Å². The fraction of sp³-hybridized carbons (Fsp3) is 0. The predicted octanol–water partition coefficient (Wildman–Crippen LogP) is 9.59. The van der Waals surface area contributed by atoms with Crippen molar-refractivity contribution in [3.05, 3.63) is 146 Å². The first-order chi connectivity index (χ1) is 19.6. The zero-order valence-corrected chi connectivity index (χ0v) is 21.8. The Morgan fingerprint density at radius 2 is 0.925 bits per heavy atom. The van der Waals surface area contributed by atoms with Crippen LogP contribution >= 0.6 is 0 Å². The summed E-state index contributed by atoms with van der Waals surface area (Å²) in [5.41, 5.74) is 10.1. The summed E-state index contributed by atoms with van der Waals surface area (Å²) in [6.45, 7) is 0. The molecule has 4 N–H and O–H groups in total. The molecule has 4 heteroatoms. The van der Waals surface area contributed by atoms with E-state index in [1.165, 1.54) is 0 Å². The number of hydrogen-bond acceptors (Lipinski definition) is 4. The number of phenolic OH excluding ortho intramolecular Hbond substituents is 2. The van der Waals surface area contributed by atoms with Gasteiger partial charge >= 0.3 is 0 Å². The lowest BCUT2D eigenvalue weighted by Crippen LogP contribution is -1.98. The summed E-state index contributed by atoms with van der Waals surface area (Å²) >= 11 is 0. The van der Waals surface area contributed by atoms with Crippen LogP contribution in [-0.4, -0.2) is 10.2 Å². The van der Waals surface area contributed by atoms with E-state index in [0.29, 0.717) is 0 Å². The van der Waals surface area contributed by atoms with Gasteiger partial charge in [0.15, 0.2) is 0 Å². The largest absolute Gasteiger partial charge is 0.508 e. The van der Waals surface area contributed by atoms with Gasteiger partial charge in [-0.2, -0.15) is 0 Å². The lowest BCUT2D eigenvalue weighted by Gasteiger charge is -2.21. The number of rotatable bonds is 7. The maximum atomic E-state index is 10.1. The molecule has 0 aromatic heterocycles. The molecule has 6 rings (SSSR count). The molecule has 4 nitrogen and oxygen atoms in total. The van der Waals surface area contributed by atoms with Crippen molar-refractivity contribution in [3.63, 3.8) is 0 Å². The fourth-order valence-corrected chi connectivity index (χ4v) is 4.98. The SMILES string of the molecule is Oc1cccc(Nc2ccc(-c3ccc(Nc4cccc(O)c4)c(-c4ccccc4)c3-c3ccccc3)cc2)c1. The quantitative estimate of drug-likeness (QED) is 0.169. The molecule has 0 bridgehead atoms. The van der Waals surface area contributed by atoms with Gasteiger partial charge in [-0.1, -0.05) is 91.0 Å². The van der Waals surface area contributed by atoms with Gasteiger partial charge in [0, 0.05) is 40.4 Å². The molecule has 40 heavy (non-hydrogen) atoms. The van der Waals surface area contributed by atoms with Gasteiger partial charge in [0.05, 0.1) is 0 Å². The molecule has 0 aliphatic carbocycles. The fourth-order valence-electron chi connectivity index (χ4n) is 4.98. The summed E-state index contributed by atoms with van der Waals surface area (Å²) in [4.78, 5) is 0. The number of anilines is 4. The highest BCUT2D eigenvalue weighted by Crippen LogP contribution is 2.45. The third-order valence-corrected chi connectivity index (χ3v) is 6.79. The Balaban J connectivity index is 1.49. The molecule has 0 unspecified atom stereocenters. The molecule has 0 atom stereocenters. The summed E-state index contributed by atoms with van der Waals surface area (Å²) in [6, 6.07) is 47.7. The first-order valence-corrected chi connectivity index (χ1v) is 13.1. The van der Waals surface area contributed by atoms with Gasteiger partial charge in [-0.3, -0.25) is 0 Å². The van der Waals surface area contributed by atoms with Crippen LogP contribution < -0.4 is 10.6 Å². The van der Waals surface area contributed by atoms with Crippen LogP contribution in [0.25, 0.3) is 33.4 Å². The molecule has 0 aliphatic rings. The van der Waals surface area contributed by atoms with Gasteiger partial charge in [0.25, 0.3) is 0 Å². The molecular weight excluding hydrogens is 492 g/mol. The zero-order valence-electron chi connectivity index (χ0n) is 21.8. The Morgan fingerprint density at radius 3 is 1.50 bits per heavy atom. The average Bonchev–Trinajstić information content (AvgIpc) is 2.98. The summed E-state index contributed by atoms with van der Waals surface area (Å²) in [5.74, 6) is 0.438. The van der Waals surface area contributed by atoms with Gasteiger partial charge in [0.1, 0.15) is 11.5 Å². The highest BCUT2D eigenvalue weighted by atomic mass is 16.3. The van der Waals surface area contributed by atoms with Crippen molar-refractivity contribution in [2.75, 3.05) is 10.6 Å². The van der Waals surface area contributed by atoms with Crippen molar-refractivity contribution >= 4 is 22.7 Å². The van der Waals surface area contributed by atoms with Gasteiger partial charge in [0.2, 0.25) is 0 Å². The molecule has 0 aliphatic heterocycles. The molecule has 194 valence electrons. The first kappa shape index (κ1) is 24.8. The second-order valence-corrected chi connectivity index (χ2v) is 9.57. The van der Waals surface area contributed by atoms with E-state index in [4.69, 9.17) is 0 Å². The molecular formula is C36H28N2O2. The van der Waals surface area contributed by atoms with Crippen LogP contribution in [0.2, 0.25) is 0 Å². The van der Waals surface area contributed by atoms with Gasteiger partial charge in [-0.15, -0.1) is 0 Å². The molecule has 6 aromatic rings. The maximum Gasteiger partial charge on any atom is 0.117 e. The van der Waals surface area contributed by atoms with Gasteiger partial charge < -0.3 is 20.8 Å². The third kappa shape index (κ3) is 5.38. The minimum atomic E-state index is 0.213. The van der Waals surface area contributed by atoms with Crippen LogP contribution in [0.15, 0.2) is 146 Å². The third-order valence-electron chi connectivity index (χ3n) is 6.79. The highest BCUT2D eigenvalue weighted by molar-refractivity contribution is 6.01. The van der Waals surface area contributed by atoms with E-state index in [1.807, 2.05) is 36.4 Å². The minimum Gasteiger partial charge on any atom is -0.508 e. The highest BCUT2D eigenvalue weighted by Gasteiger charge is 2.18. The van der Waals surface area contributed by atoms with E-state index in [-0.39, 0.29) is 11.5 Å². The standard InChI is InChI=1S/C36H28N2O2/c39-31-15-7-13-29(23-31)37-28-19-17-25(18-20-28)33-21-22-34(38-30-14-8-16-32(40)24-30)36(27-11-5-2-6-12-27)35(33)26-9-3-1-4-10-26/h1-24,37-40H. The average molecular weight is 521 g/mol. The molecule has 0 saturated heterocycles. The van der Waals surface area contributed by atoms with Gasteiger partial charge in [-0.25, -0.2) is 0 Å². The molecule has 0 spiro atoms. The van der Waals surface area contributed by atoms with Crippen LogP contribution in [-0.2, 0) is 0 Å². The number of nitrogens with one attached hydrogen (secondary N) is 2. The van der Waals surface area contributed by atoms with Crippen LogP contribution in [0, 0.1) is 0 Å². The normalized spacial score (nSPS) is 10.7. The summed E-state index contributed by atoms with van der Waals surface area (Å²) in [5, 5.41) is 26.8. The summed E-state index contributed by atoms with van der Waals surface area (Å²) in [7, 11) is 0. The monoisotopic (exact) mass is 520 g/mol. The first-order valence-electron chi connectivity index (χ1n) is 13.1. The topological polar surface area (TPSA) is 64.5 Å². The van der Waals surface area contributed by atoms with Crippen molar-refractivity contribution in [1.29, 1.82) is 0 Å². The lowest BCUT2D eigenvalue weighted by atomic mass is 9.86. The van der Waals surface area contributed by atoms with Crippen molar-refractivity contribution in [2.45, 2.75) is 0 Å². The van der Waals surface area contributed by atoms with E-state index < -0.39 is 0 Å². The van der Waals surface area contributed by atoms with Crippen LogP contribution in [0.1, 0.15) is 0 Å². The number of phenols is 2. The Kier molecular flexibility index (Phi) is 6.89. The number of benzene rings is 6. The van der Waals surface area contributed by atoms with E-state index in [0.717, 1.165) is 56.1 Å². The van der Waals surface area contributed by atoms with Gasteiger partial charge in [-0.05, 0) is 70.3 Å². The van der Waals surface area contributed by atoms with E-state index in [1.54, 1.807) is 24.3 Å². The smallest absolute Gasteiger partial charge is 0.117 e. The Labute approximate surface area is 233 Å². The molecule has 6 aromatic carbocycles. The molecule has 0 heterocycles. The Hall–Kier alpha value is -5.48. The van der Waals surface area contributed by atoms with Crippen LogP contribution in [0.3, 0.4) is 0 Å². The van der Waals surface area contributed by atoms with Crippen molar-refractivity contribution in [2.24, 2.45) is 0 Å².